The van der Waals surface area contributed by atoms with E-state index in [0.29, 0.717) is 30.5 Å². The number of nitrogens with zero attached hydrogens (tertiary/aromatic N) is 3. The Morgan fingerprint density at radius 3 is 2.89 bits per heavy atom. The van der Waals surface area contributed by atoms with Crippen molar-refractivity contribution >= 4 is 17.5 Å². The van der Waals surface area contributed by atoms with Crippen molar-refractivity contribution in [1.29, 1.82) is 5.26 Å². The zero-order valence-corrected chi connectivity index (χ0v) is 9.97. The van der Waals surface area contributed by atoms with Crippen LogP contribution < -0.4 is 10.6 Å². The molecule has 0 aliphatic carbocycles. The molecule has 0 radical (unpaired) electrons. The first-order chi connectivity index (χ1) is 8.78. The zero-order chi connectivity index (χ0) is 12.8. The molecular formula is C12H13N5O. The molecule has 6 heteroatoms. The van der Waals surface area contributed by atoms with Crippen LogP contribution in [0.2, 0.25) is 0 Å². The normalized spacial score (nSPS) is 9.78. The van der Waals surface area contributed by atoms with Gasteiger partial charge in [0.25, 0.3) is 0 Å². The van der Waals surface area contributed by atoms with Gasteiger partial charge in [-0.05, 0) is 13.0 Å². The fraction of sp³-hybridized carbons (Fsp3) is 0.250. The van der Waals surface area contributed by atoms with E-state index in [2.05, 4.69) is 26.7 Å². The summed E-state index contributed by atoms with van der Waals surface area (Å²) in [6.45, 7) is 2.44. The van der Waals surface area contributed by atoms with Gasteiger partial charge in [0.05, 0.1) is 12.5 Å². The third-order valence-corrected chi connectivity index (χ3v) is 2.20. The summed E-state index contributed by atoms with van der Waals surface area (Å²) in [5.74, 6) is 2.78. The molecule has 0 saturated heterocycles. The summed E-state index contributed by atoms with van der Waals surface area (Å²) in [6, 6.07) is 7.52. The molecule has 2 aromatic heterocycles. The van der Waals surface area contributed by atoms with Crippen LogP contribution in [0.4, 0.5) is 17.5 Å². The van der Waals surface area contributed by atoms with Crippen molar-refractivity contribution in [2.24, 2.45) is 0 Å². The van der Waals surface area contributed by atoms with Gasteiger partial charge in [0.15, 0.2) is 5.88 Å². The van der Waals surface area contributed by atoms with Gasteiger partial charge in [-0.1, -0.05) is 0 Å². The first-order valence-electron chi connectivity index (χ1n) is 5.54. The fourth-order valence-corrected chi connectivity index (χ4v) is 1.40. The topological polar surface area (TPSA) is 86.8 Å². The van der Waals surface area contributed by atoms with E-state index in [9.17, 15) is 0 Å². The molecule has 0 atom stereocenters. The van der Waals surface area contributed by atoms with Crippen molar-refractivity contribution in [3.8, 4) is 6.07 Å². The number of rotatable bonds is 5. The van der Waals surface area contributed by atoms with Gasteiger partial charge < -0.3 is 15.1 Å². The molecule has 0 amide bonds. The Bertz CT molecular complexity index is 558. The number of anilines is 3. The highest BCUT2D eigenvalue weighted by Gasteiger charge is 2.02. The Morgan fingerprint density at radius 2 is 2.17 bits per heavy atom. The number of aromatic nitrogens is 2. The summed E-state index contributed by atoms with van der Waals surface area (Å²) >= 11 is 0. The van der Waals surface area contributed by atoms with Gasteiger partial charge in [0.1, 0.15) is 23.7 Å². The monoisotopic (exact) mass is 243 g/mol. The molecule has 2 heterocycles. The smallest absolute Gasteiger partial charge is 0.198 e. The fourth-order valence-electron chi connectivity index (χ4n) is 1.40. The summed E-state index contributed by atoms with van der Waals surface area (Å²) in [7, 11) is 0. The van der Waals surface area contributed by atoms with Crippen LogP contribution in [0.1, 0.15) is 12.2 Å². The molecule has 0 aliphatic rings. The molecule has 6 nitrogen and oxygen atoms in total. The van der Waals surface area contributed by atoms with Gasteiger partial charge in [0, 0.05) is 18.7 Å². The lowest BCUT2D eigenvalue weighted by atomic mass is 10.4. The predicted molar refractivity (Wildman–Crippen MR) is 67.5 cm³/mol. The van der Waals surface area contributed by atoms with Crippen LogP contribution >= 0.6 is 0 Å². The minimum atomic E-state index is 0.435. The molecule has 0 fully saturated rings. The molecule has 0 unspecified atom stereocenters. The van der Waals surface area contributed by atoms with Gasteiger partial charge in [-0.3, -0.25) is 0 Å². The molecule has 2 N–H and O–H groups in total. The summed E-state index contributed by atoms with van der Waals surface area (Å²) in [6.07, 6.45) is 1.89. The lowest BCUT2D eigenvalue weighted by molar-refractivity contribution is 0.551. The van der Waals surface area contributed by atoms with Crippen LogP contribution in [-0.2, 0) is 0 Å². The number of hydrogen-bond acceptors (Lipinski definition) is 6. The van der Waals surface area contributed by atoms with Gasteiger partial charge in [-0.2, -0.15) is 5.26 Å². The van der Waals surface area contributed by atoms with Crippen molar-refractivity contribution < 1.29 is 4.42 Å². The molecular weight excluding hydrogens is 230 g/mol. The van der Waals surface area contributed by atoms with E-state index in [0.717, 1.165) is 5.76 Å². The van der Waals surface area contributed by atoms with Crippen LogP contribution in [0, 0.1) is 18.3 Å². The number of nitrogens with one attached hydrogen (secondary N) is 2. The Morgan fingerprint density at radius 1 is 1.33 bits per heavy atom. The molecule has 0 aromatic carbocycles. The van der Waals surface area contributed by atoms with Gasteiger partial charge >= 0.3 is 0 Å². The van der Waals surface area contributed by atoms with Crippen molar-refractivity contribution in [2.75, 3.05) is 17.2 Å². The molecule has 18 heavy (non-hydrogen) atoms. The Labute approximate surface area is 105 Å². The third kappa shape index (κ3) is 3.22. The summed E-state index contributed by atoms with van der Waals surface area (Å²) in [5.41, 5.74) is 0. The Balaban J connectivity index is 2.01. The highest BCUT2D eigenvalue weighted by atomic mass is 16.4. The first-order valence-corrected chi connectivity index (χ1v) is 5.54. The lowest BCUT2D eigenvalue weighted by Crippen LogP contribution is -2.03. The quantitative estimate of drug-likeness (QED) is 0.784. The zero-order valence-electron chi connectivity index (χ0n) is 9.97. The van der Waals surface area contributed by atoms with Crippen LogP contribution in [0.15, 0.2) is 28.9 Å². The van der Waals surface area contributed by atoms with Crippen molar-refractivity contribution in [1.82, 2.24) is 9.97 Å². The Kier molecular flexibility index (Phi) is 3.76. The highest BCUT2D eigenvalue weighted by Crippen LogP contribution is 2.18. The molecule has 0 saturated carbocycles. The molecule has 0 aliphatic heterocycles. The standard InChI is InChI=1S/C12H13N5O/c1-9-3-4-12(18-9)17-11-7-10(15-8-16-11)14-6-2-5-13/h3-4,7-8H,2,6H2,1H3,(H2,14,15,16,17). The molecule has 0 spiro atoms. The second-order valence-electron chi connectivity index (χ2n) is 3.66. The minimum absolute atomic E-state index is 0.435. The number of nitriles is 1. The Hall–Kier alpha value is -2.55. The maximum absolute atomic E-state index is 8.45. The largest absolute Gasteiger partial charge is 0.446 e. The second kappa shape index (κ2) is 5.68. The van der Waals surface area contributed by atoms with E-state index in [1.165, 1.54) is 6.33 Å². The SMILES string of the molecule is Cc1ccc(Nc2cc(NCCC#N)ncn2)o1. The van der Waals surface area contributed by atoms with E-state index in [4.69, 9.17) is 9.68 Å². The van der Waals surface area contributed by atoms with Crippen LogP contribution in [0.25, 0.3) is 0 Å². The van der Waals surface area contributed by atoms with Crippen molar-refractivity contribution in [3.05, 3.63) is 30.3 Å². The minimum Gasteiger partial charge on any atom is -0.446 e. The van der Waals surface area contributed by atoms with Crippen LogP contribution in [0.3, 0.4) is 0 Å². The van der Waals surface area contributed by atoms with Gasteiger partial charge in [0.2, 0.25) is 0 Å². The van der Waals surface area contributed by atoms with E-state index >= 15 is 0 Å². The maximum atomic E-state index is 8.45. The summed E-state index contributed by atoms with van der Waals surface area (Å²) in [4.78, 5) is 8.14. The van der Waals surface area contributed by atoms with E-state index in [1.54, 1.807) is 6.07 Å². The van der Waals surface area contributed by atoms with Crippen molar-refractivity contribution in [3.63, 3.8) is 0 Å². The molecule has 0 bridgehead atoms. The van der Waals surface area contributed by atoms with E-state index < -0.39 is 0 Å². The number of aryl methyl sites for hydroxylation is 1. The first kappa shape index (κ1) is 11.9. The maximum Gasteiger partial charge on any atom is 0.198 e. The second-order valence-corrected chi connectivity index (χ2v) is 3.66. The number of hydrogen-bond donors (Lipinski definition) is 2. The average molecular weight is 243 g/mol. The average Bonchev–Trinajstić information content (AvgIpc) is 2.76. The summed E-state index contributed by atoms with van der Waals surface area (Å²) in [5, 5.41) is 14.5. The summed E-state index contributed by atoms with van der Waals surface area (Å²) < 4.78 is 5.39. The van der Waals surface area contributed by atoms with Crippen LogP contribution in [0.5, 0.6) is 0 Å². The molecule has 2 aromatic rings. The lowest BCUT2D eigenvalue weighted by Gasteiger charge is -2.05. The molecule has 92 valence electrons. The third-order valence-electron chi connectivity index (χ3n) is 2.20. The van der Waals surface area contributed by atoms with E-state index in [-0.39, 0.29) is 0 Å². The van der Waals surface area contributed by atoms with Gasteiger partial charge in [-0.25, -0.2) is 9.97 Å². The predicted octanol–water partition coefficient (Wildman–Crippen LogP) is 2.45. The van der Waals surface area contributed by atoms with E-state index in [1.807, 2.05) is 19.1 Å². The number of furan rings is 1. The van der Waals surface area contributed by atoms with Gasteiger partial charge in [-0.15, -0.1) is 0 Å². The van der Waals surface area contributed by atoms with Crippen molar-refractivity contribution in [2.45, 2.75) is 13.3 Å². The van der Waals surface area contributed by atoms with Crippen LogP contribution in [-0.4, -0.2) is 16.5 Å². The highest BCUT2D eigenvalue weighted by molar-refractivity contribution is 5.54. The molecule has 2 rings (SSSR count).